The second kappa shape index (κ2) is 4.92. The van der Waals surface area contributed by atoms with Gasteiger partial charge in [-0.15, -0.1) is 6.42 Å². The van der Waals surface area contributed by atoms with Gasteiger partial charge in [-0.3, -0.25) is 4.79 Å². The van der Waals surface area contributed by atoms with Crippen LogP contribution in [0.3, 0.4) is 0 Å². The molecule has 0 spiro atoms. The number of benzene rings is 1. The Morgan fingerprint density at radius 2 is 2.18 bits per heavy atom. The minimum absolute atomic E-state index is 0.00955. The van der Waals surface area contributed by atoms with Crippen LogP contribution in [0.2, 0.25) is 0 Å². The second-order valence-corrected chi connectivity index (χ2v) is 4.35. The third-order valence-electron chi connectivity index (χ3n) is 2.88. The molecule has 1 aromatic carbocycles. The maximum absolute atomic E-state index is 12.2. The average molecular weight is 229 g/mol. The number of para-hydroxylation sites is 1. The minimum Gasteiger partial charge on any atom is -0.507 e. The number of aromatic hydroxyl groups is 1. The van der Waals surface area contributed by atoms with Crippen LogP contribution in [0.1, 0.15) is 23.2 Å². The summed E-state index contributed by atoms with van der Waals surface area (Å²) in [6.07, 6.45) is 7.60. The van der Waals surface area contributed by atoms with E-state index in [1.54, 1.807) is 23.1 Å². The predicted octanol–water partition coefficient (Wildman–Crippen LogP) is 1.88. The van der Waals surface area contributed by atoms with Crippen LogP contribution in [0.4, 0.5) is 0 Å². The Bertz CT molecular complexity index is 458. The van der Waals surface area contributed by atoms with Gasteiger partial charge in [-0.2, -0.15) is 0 Å². The molecule has 0 aromatic heterocycles. The van der Waals surface area contributed by atoms with Crippen molar-refractivity contribution in [1.82, 2.24) is 4.90 Å². The first-order valence-corrected chi connectivity index (χ1v) is 5.73. The molecule has 1 aliphatic carbocycles. The highest BCUT2D eigenvalue weighted by Crippen LogP contribution is 2.30. The average Bonchev–Trinajstić information content (AvgIpc) is 3.12. The highest BCUT2D eigenvalue weighted by atomic mass is 16.3. The number of nitrogens with zero attached hydrogens (tertiary/aromatic N) is 1. The Balaban J connectivity index is 2.15. The summed E-state index contributed by atoms with van der Waals surface area (Å²) in [5, 5.41) is 9.65. The number of rotatable bonds is 4. The van der Waals surface area contributed by atoms with Crippen LogP contribution in [-0.4, -0.2) is 29.0 Å². The summed E-state index contributed by atoms with van der Waals surface area (Å²) in [6, 6.07) is 6.56. The number of amides is 1. The molecule has 0 heterocycles. The summed E-state index contributed by atoms with van der Waals surface area (Å²) >= 11 is 0. The van der Waals surface area contributed by atoms with Gasteiger partial charge >= 0.3 is 0 Å². The van der Waals surface area contributed by atoms with E-state index in [-0.39, 0.29) is 11.7 Å². The van der Waals surface area contributed by atoms with Crippen molar-refractivity contribution in [3.8, 4) is 18.1 Å². The molecule has 2 rings (SSSR count). The Hall–Kier alpha value is -1.95. The lowest BCUT2D eigenvalue weighted by atomic mass is 10.1. The number of terminal acetylenes is 1. The van der Waals surface area contributed by atoms with Gasteiger partial charge in [-0.1, -0.05) is 18.1 Å². The summed E-state index contributed by atoms with van der Waals surface area (Å²) in [6.45, 7) is 0.987. The zero-order valence-corrected chi connectivity index (χ0v) is 9.60. The zero-order valence-electron chi connectivity index (χ0n) is 9.60. The predicted molar refractivity (Wildman–Crippen MR) is 65.6 cm³/mol. The highest BCUT2D eigenvalue weighted by Gasteiger charge is 2.27. The fourth-order valence-corrected chi connectivity index (χ4v) is 1.77. The number of carbonyl (C=O) groups is 1. The first-order chi connectivity index (χ1) is 8.22. The molecule has 0 saturated heterocycles. The van der Waals surface area contributed by atoms with Crippen molar-refractivity contribution in [2.75, 3.05) is 13.1 Å². The van der Waals surface area contributed by atoms with Crippen LogP contribution < -0.4 is 0 Å². The van der Waals surface area contributed by atoms with E-state index in [1.807, 2.05) is 0 Å². The SMILES string of the molecule is C#CCN(CC1CC1)C(=O)c1ccccc1O. The van der Waals surface area contributed by atoms with E-state index in [0.717, 1.165) is 12.8 Å². The summed E-state index contributed by atoms with van der Waals surface area (Å²) in [5.41, 5.74) is 0.323. The standard InChI is InChI=1S/C14H15NO2/c1-2-9-15(10-11-7-8-11)14(17)12-5-3-4-6-13(12)16/h1,3-6,11,16H,7-10H2. The summed E-state index contributed by atoms with van der Waals surface area (Å²) < 4.78 is 0. The molecule has 1 fully saturated rings. The monoisotopic (exact) mass is 229 g/mol. The van der Waals surface area contributed by atoms with Gasteiger partial charge in [0, 0.05) is 6.54 Å². The van der Waals surface area contributed by atoms with Crippen molar-refractivity contribution >= 4 is 5.91 Å². The van der Waals surface area contributed by atoms with Gasteiger partial charge in [0.15, 0.2) is 0 Å². The quantitative estimate of drug-likeness (QED) is 0.801. The van der Waals surface area contributed by atoms with Crippen LogP contribution in [0, 0.1) is 18.3 Å². The van der Waals surface area contributed by atoms with Crippen LogP contribution in [0.15, 0.2) is 24.3 Å². The summed E-state index contributed by atoms with van der Waals surface area (Å²) in [4.78, 5) is 13.8. The summed E-state index contributed by atoms with van der Waals surface area (Å²) in [5.74, 6) is 2.90. The molecule has 1 amide bonds. The highest BCUT2D eigenvalue weighted by molar-refractivity contribution is 5.96. The van der Waals surface area contributed by atoms with Gasteiger partial charge in [0.05, 0.1) is 12.1 Å². The fourth-order valence-electron chi connectivity index (χ4n) is 1.77. The van der Waals surface area contributed by atoms with Gasteiger partial charge in [0.2, 0.25) is 0 Å². The van der Waals surface area contributed by atoms with Crippen LogP contribution in [0.25, 0.3) is 0 Å². The molecular weight excluding hydrogens is 214 g/mol. The van der Waals surface area contributed by atoms with Gasteiger partial charge in [-0.25, -0.2) is 0 Å². The Morgan fingerprint density at radius 1 is 1.47 bits per heavy atom. The fraction of sp³-hybridized carbons (Fsp3) is 0.357. The number of hydrogen-bond acceptors (Lipinski definition) is 2. The summed E-state index contributed by atoms with van der Waals surface area (Å²) in [7, 11) is 0. The van der Waals surface area contributed by atoms with Crippen molar-refractivity contribution < 1.29 is 9.90 Å². The Morgan fingerprint density at radius 3 is 2.76 bits per heavy atom. The van der Waals surface area contributed by atoms with Crippen molar-refractivity contribution in [2.45, 2.75) is 12.8 Å². The molecule has 0 aliphatic heterocycles. The van der Waals surface area contributed by atoms with Crippen molar-refractivity contribution in [1.29, 1.82) is 0 Å². The lowest BCUT2D eigenvalue weighted by molar-refractivity contribution is 0.0767. The maximum atomic E-state index is 12.2. The van der Waals surface area contributed by atoms with Crippen LogP contribution in [0.5, 0.6) is 5.75 Å². The largest absolute Gasteiger partial charge is 0.507 e. The van der Waals surface area contributed by atoms with Gasteiger partial charge in [0.1, 0.15) is 5.75 Å². The van der Waals surface area contributed by atoms with E-state index < -0.39 is 0 Å². The van der Waals surface area contributed by atoms with Gasteiger partial charge in [-0.05, 0) is 30.9 Å². The van der Waals surface area contributed by atoms with E-state index in [0.29, 0.717) is 24.6 Å². The number of phenols is 1. The molecule has 0 unspecified atom stereocenters. The number of hydrogen-bond donors (Lipinski definition) is 1. The van der Waals surface area contributed by atoms with E-state index in [2.05, 4.69) is 5.92 Å². The van der Waals surface area contributed by atoms with Crippen molar-refractivity contribution in [3.05, 3.63) is 29.8 Å². The van der Waals surface area contributed by atoms with E-state index in [1.165, 1.54) is 6.07 Å². The number of carbonyl (C=O) groups excluding carboxylic acids is 1. The maximum Gasteiger partial charge on any atom is 0.258 e. The first-order valence-electron chi connectivity index (χ1n) is 5.73. The molecule has 0 atom stereocenters. The Kier molecular flexibility index (Phi) is 3.34. The molecule has 1 N–H and O–H groups in total. The third kappa shape index (κ3) is 2.79. The van der Waals surface area contributed by atoms with Gasteiger partial charge < -0.3 is 10.0 Å². The molecule has 0 bridgehead atoms. The molecule has 1 aliphatic rings. The molecular formula is C14H15NO2. The molecule has 3 nitrogen and oxygen atoms in total. The van der Waals surface area contributed by atoms with Crippen LogP contribution in [-0.2, 0) is 0 Å². The van der Waals surface area contributed by atoms with E-state index in [4.69, 9.17) is 6.42 Å². The van der Waals surface area contributed by atoms with Crippen LogP contribution >= 0.6 is 0 Å². The number of phenolic OH excluding ortho intramolecular Hbond substituents is 1. The minimum atomic E-state index is -0.187. The Labute approximate surface area is 101 Å². The molecule has 3 heteroatoms. The van der Waals surface area contributed by atoms with E-state index in [9.17, 15) is 9.90 Å². The molecule has 0 radical (unpaired) electrons. The first kappa shape index (κ1) is 11.5. The van der Waals surface area contributed by atoms with Crippen molar-refractivity contribution in [3.63, 3.8) is 0 Å². The lowest BCUT2D eigenvalue weighted by Crippen LogP contribution is -2.33. The topological polar surface area (TPSA) is 40.5 Å². The van der Waals surface area contributed by atoms with E-state index >= 15 is 0 Å². The smallest absolute Gasteiger partial charge is 0.258 e. The molecule has 1 saturated carbocycles. The zero-order chi connectivity index (χ0) is 12.3. The van der Waals surface area contributed by atoms with Gasteiger partial charge in [0.25, 0.3) is 5.91 Å². The normalized spacial score (nSPS) is 14.1. The molecule has 17 heavy (non-hydrogen) atoms. The molecule has 1 aromatic rings. The second-order valence-electron chi connectivity index (χ2n) is 4.35. The third-order valence-corrected chi connectivity index (χ3v) is 2.88. The molecule has 88 valence electrons. The van der Waals surface area contributed by atoms with Crippen molar-refractivity contribution in [2.24, 2.45) is 5.92 Å². The lowest BCUT2D eigenvalue weighted by Gasteiger charge is -2.20.